The van der Waals surface area contributed by atoms with Gasteiger partial charge in [0, 0.05) is 0 Å². The molecule has 0 atom stereocenters. The fourth-order valence-corrected chi connectivity index (χ4v) is 3.72. The van der Waals surface area contributed by atoms with Gasteiger partial charge in [0.1, 0.15) is 0 Å². The lowest BCUT2D eigenvalue weighted by Gasteiger charge is -2.14. The lowest BCUT2D eigenvalue weighted by atomic mass is 10.1. The molecule has 0 aliphatic carbocycles. The second kappa shape index (κ2) is 19.5. The maximum absolute atomic E-state index is 11.4. The van der Waals surface area contributed by atoms with Crippen LogP contribution in [0.15, 0.2) is 18.2 Å². The van der Waals surface area contributed by atoms with Crippen LogP contribution >= 0.6 is 0 Å². The van der Waals surface area contributed by atoms with Crippen molar-refractivity contribution in [1.29, 1.82) is 0 Å². The number of benzene rings is 1. The Morgan fingerprint density at radius 1 is 0.633 bits per heavy atom. The lowest BCUT2D eigenvalue weighted by molar-refractivity contribution is 0.111. The molecule has 0 aliphatic heterocycles. The normalized spacial score (nSPS) is 10.9. The summed E-state index contributed by atoms with van der Waals surface area (Å²) in [5.41, 5.74) is 0.586. The van der Waals surface area contributed by atoms with Gasteiger partial charge in [0.2, 0.25) is 0 Å². The molecule has 1 aromatic rings. The van der Waals surface area contributed by atoms with Crippen LogP contribution in [0.4, 0.5) is 0 Å². The number of rotatable bonds is 21. The van der Waals surface area contributed by atoms with Crippen molar-refractivity contribution in [3.05, 3.63) is 23.8 Å². The molecule has 0 unspecified atom stereocenters. The van der Waals surface area contributed by atoms with Gasteiger partial charge in [-0.1, -0.05) is 110 Å². The van der Waals surface area contributed by atoms with Gasteiger partial charge in [-0.05, 0) is 25.0 Å². The van der Waals surface area contributed by atoms with Gasteiger partial charge in [0.25, 0.3) is 0 Å². The van der Waals surface area contributed by atoms with Gasteiger partial charge >= 0.3 is 0 Å². The molecule has 3 nitrogen and oxygen atoms in total. The topological polar surface area (TPSA) is 35.5 Å². The van der Waals surface area contributed by atoms with Crippen LogP contribution in [0.3, 0.4) is 0 Å². The molecule has 3 heteroatoms. The highest BCUT2D eigenvalue weighted by Gasteiger charge is 2.11. The summed E-state index contributed by atoms with van der Waals surface area (Å²) in [4.78, 5) is 11.4. The molecule has 0 saturated heterocycles. The van der Waals surface area contributed by atoms with E-state index in [4.69, 9.17) is 9.47 Å². The Balaban J connectivity index is 2.25. The van der Waals surface area contributed by atoms with Crippen molar-refractivity contribution >= 4 is 6.29 Å². The monoisotopic (exact) mass is 418 g/mol. The molecule has 0 radical (unpaired) electrons. The van der Waals surface area contributed by atoms with Crippen LogP contribution in [0.25, 0.3) is 0 Å². The largest absolute Gasteiger partial charge is 0.490 e. The molecule has 1 aromatic carbocycles. The summed E-state index contributed by atoms with van der Waals surface area (Å²) in [6.45, 7) is 5.84. The number of hydrogen-bond donors (Lipinski definition) is 0. The van der Waals surface area contributed by atoms with E-state index in [9.17, 15) is 4.79 Å². The highest BCUT2D eigenvalue weighted by Crippen LogP contribution is 2.31. The first-order valence-corrected chi connectivity index (χ1v) is 12.7. The molecule has 0 bridgehead atoms. The highest BCUT2D eigenvalue weighted by atomic mass is 16.5. The smallest absolute Gasteiger partial charge is 0.171 e. The van der Waals surface area contributed by atoms with E-state index in [1.165, 1.54) is 89.9 Å². The highest BCUT2D eigenvalue weighted by molar-refractivity contribution is 5.81. The molecule has 0 heterocycles. The molecule has 0 N–H and O–H groups in total. The van der Waals surface area contributed by atoms with Crippen LogP contribution in [0.1, 0.15) is 127 Å². The molecule has 0 fully saturated rings. The van der Waals surface area contributed by atoms with Crippen molar-refractivity contribution in [1.82, 2.24) is 0 Å². The van der Waals surface area contributed by atoms with Gasteiger partial charge in [0.05, 0.1) is 18.8 Å². The Morgan fingerprint density at radius 2 is 1.10 bits per heavy atom. The summed E-state index contributed by atoms with van der Waals surface area (Å²) in [5.74, 6) is 1.33. The van der Waals surface area contributed by atoms with Gasteiger partial charge in [0.15, 0.2) is 17.8 Å². The van der Waals surface area contributed by atoms with Gasteiger partial charge in [-0.2, -0.15) is 0 Å². The second-order valence-corrected chi connectivity index (χ2v) is 8.44. The van der Waals surface area contributed by atoms with E-state index in [0.29, 0.717) is 30.3 Å². The molecule has 0 aromatic heterocycles. The number of carbonyl (C=O) groups is 1. The van der Waals surface area contributed by atoms with Crippen LogP contribution in [-0.2, 0) is 0 Å². The van der Waals surface area contributed by atoms with Crippen LogP contribution in [0.2, 0.25) is 0 Å². The van der Waals surface area contributed by atoms with Gasteiger partial charge in [-0.25, -0.2) is 0 Å². The van der Waals surface area contributed by atoms with Crippen molar-refractivity contribution < 1.29 is 14.3 Å². The predicted octanol–water partition coefficient (Wildman–Crippen LogP) is 8.54. The number of unbranched alkanes of at least 4 members (excludes halogenated alkanes) is 14. The third kappa shape index (κ3) is 12.9. The quantitative estimate of drug-likeness (QED) is 0.148. The zero-order chi connectivity index (χ0) is 21.7. The number of para-hydroxylation sites is 1. The number of ether oxygens (including phenoxy) is 2. The first-order chi connectivity index (χ1) is 14.8. The molecular formula is C27H46O3. The minimum absolute atomic E-state index is 0.586. The first-order valence-electron chi connectivity index (χ1n) is 12.7. The Labute approximate surface area is 185 Å². The van der Waals surface area contributed by atoms with Crippen LogP contribution < -0.4 is 9.47 Å². The third-order valence-electron chi connectivity index (χ3n) is 5.64. The Morgan fingerprint density at radius 3 is 1.60 bits per heavy atom. The predicted molar refractivity (Wildman–Crippen MR) is 128 cm³/mol. The van der Waals surface area contributed by atoms with Crippen LogP contribution in [-0.4, -0.2) is 19.5 Å². The molecule has 1 rings (SSSR count). The van der Waals surface area contributed by atoms with Crippen molar-refractivity contribution in [3.8, 4) is 11.5 Å². The molecule has 0 spiro atoms. The molecule has 0 amide bonds. The van der Waals surface area contributed by atoms with Crippen molar-refractivity contribution in [2.45, 2.75) is 117 Å². The summed E-state index contributed by atoms with van der Waals surface area (Å²) < 4.78 is 12.0. The van der Waals surface area contributed by atoms with E-state index in [2.05, 4.69) is 13.8 Å². The molecule has 172 valence electrons. The number of carbonyl (C=O) groups excluding carboxylic acids is 1. The minimum atomic E-state index is 0.586. The summed E-state index contributed by atoms with van der Waals surface area (Å²) in [5, 5.41) is 0. The third-order valence-corrected chi connectivity index (χ3v) is 5.64. The summed E-state index contributed by atoms with van der Waals surface area (Å²) in [7, 11) is 0. The summed E-state index contributed by atoms with van der Waals surface area (Å²) in [6.07, 6.45) is 21.3. The van der Waals surface area contributed by atoms with E-state index < -0.39 is 0 Å². The van der Waals surface area contributed by atoms with Crippen LogP contribution in [0, 0.1) is 0 Å². The fourth-order valence-electron chi connectivity index (χ4n) is 3.72. The van der Waals surface area contributed by atoms with E-state index in [1.54, 1.807) is 6.07 Å². The Kier molecular flexibility index (Phi) is 17.2. The lowest BCUT2D eigenvalue weighted by Crippen LogP contribution is -2.05. The molecule has 0 saturated carbocycles. The van der Waals surface area contributed by atoms with E-state index in [0.717, 1.165) is 19.1 Å². The maximum Gasteiger partial charge on any atom is 0.171 e. The Hall–Kier alpha value is -1.51. The van der Waals surface area contributed by atoms with Gasteiger partial charge in [-0.15, -0.1) is 0 Å². The summed E-state index contributed by atoms with van der Waals surface area (Å²) in [6, 6.07) is 5.59. The maximum atomic E-state index is 11.4. The van der Waals surface area contributed by atoms with Crippen molar-refractivity contribution in [2.75, 3.05) is 13.2 Å². The minimum Gasteiger partial charge on any atom is -0.490 e. The zero-order valence-electron chi connectivity index (χ0n) is 19.8. The molecular weight excluding hydrogens is 372 g/mol. The number of aldehydes is 1. The second-order valence-electron chi connectivity index (χ2n) is 8.44. The van der Waals surface area contributed by atoms with Gasteiger partial charge < -0.3 is 9.47 Å². The average Bonchev–Trinajstić information content (AvgIpc) is 2.77. The average molecular weight is 419 g/mol. The number of hydrogen-bond acceptors (Lipinski definition) is 3. The van der Waals surface area contributed by atoms with Gasteiger partial charge in [-0.3, -0.25) is 4.79 Å². The fraction of sp³-hybridized carbons (Fsp3) is 0.741. The van der Waals surface area contributed by atoms with Crippen molar-refractivity contribution in [2.24, 2.45) is 0 Å². The SMILES string of the molecule is CCCCCCCCCCOc1cccc(C=O)c1OCCCCCCCCCC. The summed E-state index contributed by atoms with van der Waals surface area (Å²) >= 11 is 0. The standard InChI is InChI=1S/C27H46O3/c1-3-5-7-9-11-13-15-17-22-29-26-21-19-20-25(24-28)27(26)30-23-18-16-14-12-10-8-6-4-2/h19-21,24H,3-18,22-23H2,1-2H3. The van der Waals surface area contributed by atoms with Crippen LogP contribution in [0.5, 0.6) is 11.5 Å². The zero-order valence-corrected chi connectivity index (χ0v) is 19.8. The Bertz CT molecular complexity index is 527. The van der Waals surface area contributed by atoms with E-state index >= 15 is 0 Å². The molecule has 0 aliphatic rings. The van der Waals surface area contributed by atoms with Crippen molar-refractivity contribution in [3.63, 3.8) is 0 Å². The molecule has 30 heavy (non-hydrogen) atoms. The van der Waals surface area contributed by atoms with E-state index in [1.807, 2.05) is 12.1 Å². The first kappa shape index (κ1) is 26.5. The van der Waals surface area contributed by atoms with E-state index in [-0.39, 0.29) is 0 Å².